The van der Waals surface area contributed by atoms with Gasteiger partial charge in [0.15, 0.2) is 0 Å². The summed E-state index contributed by atoms with van der Waals surface area (Å²) in [5.74, 6) is -0.148. The lowest BCUT2D eigenvalue weighted by Gasteiger charge is -2.19. The molecule has 1 saturated heterocycles. The summed E-state index contributed by atoms with van der Waals surface area (Å²) in [6, 6.07) is 3.17. The first-order valence-corrected chi connectivity index (χ1v) is 8.30. The number of sulfonamides is 1. The molecule has 1 aromatic rings. The maximum absolute atomic E-state index is 12.7. The van der Waals surface area contributed by atoms with Crippen LogP contribution in [0.5, 0.6) is 0 Å². The van der Waals surface area contributed by atoms with Crippen LogP contribution in [-0.2, 0) is 14.8 Å². The third kappa shape index (κ3) is 3.19. The van der Waals surface area contributed by atoms with Crippen molar-refractivity contribution in [2.75, 3.05) is 18.8 Å². The van der Waals surface area contributed by atoms with E-state index in [4.69, 9.17) is 5.73 Å². The van der Waals surface area contributed by atoms with Crippen LogP contribution in [0.3, 0.4) is 0 Å². The SMILES string of the molecule is CC(=O)NC1CCN(S(=O)(=O)c2cc(C)c(C)cc2N)C1. The van der Waals surface area contributed by atoms with Gasteiger partial charge in [0, 0.05) is 26.1 Å². The summed E-state index contributed by atoms with van der Waals surface area (Å²) in [6.45, 7) is 5.86. The molecule has 1 aliphatic heterocycles. The van der Waals surface area contributed by atoms with Crippen LogP contribution in [0, 0.1) is 13.8 Å². The van der Waals surface area contributed by atoms with Gasteiger partial charge in [-0.05, 0) is 43.5 Å². The third-order valence-electron chi connectivity index (χ3n) is 3.80. The van der Waals surface area contributed by atoms with Gasteiger partial charge in [-0.15, -0.1) is 0 Å². The topological polar surface area (TPSA) is 92.5 Å². The van der Waals surface area contributed by atoms with Crippen LogP contribution < -0.4 is 11.1 Å². The van der Waals surface area contributed by atoms with E-state index < -0.39 is 10.0 Å². The highest BCUT2D eigenvalue weighted by Crippen LogP contribution is 2.28. The van der Waals surface area contributed by atoms with E-state index in [-0.39, 0.29) is 29.1 Å². The number of carbonyl (C=O) groups is 1. The molecule has 0 spiro atoms. The lowest BCUT2D eigenvalue weighted by atomic mass is 10.1. The predicted molar refractivity (Wildman–Crippen MR) is 81.3 cm³/mol. The lowest BCUT2D eigenvalue weighted by Crippen LogP contribution is -2.37. The van der Waals surface area contributed by atoms with Crippen LogP contribution in [0.4, 0.5) is 5.69 Å². The molecule has 0 saturated carbocycles. The molecule has 0 radical (unpaired) electrons. The number of nitrogens with zero attached hydrogens (tertiary/aromatic N) is 1. The molecule has 0 aliphatic carbocycles. The van der Waals surface area contributed by atoms with Crippen LogP contribution in [0.15, 0.2) is 17.0 Å². The molecule has 1 heterocycles. The lowest BCUT2D eigenvalue weighted by molar-refractivity contribution is -0.119. The number of amides is 1. The van der Waals surface area contributed by atoms with Crippen molar-refractivity contribution < 1.29 is 13.2 Å². The molecule has 0 aromatic heterocycles. The highest BCUT2D eigenvalue weighted by Gasteiger charge is 2.34. The molecule has 116 valence electrons. The van der Waals surface area contributed by atoms with Crippen LogP contribution in [-0.4, -0.2) is 37.8 Å². The Bertz CT molecular complexity index is 670. The smallest absolute Gasteiger partial charge is 0.245 e. The Morgan fingerprint density at radius 3 is 2.57 bits per heavy atom. The number of benzene rings is 1. The molecule has 1 aliphatic rings. The molecule has 1 fully saturated rings. The maximum Gasteiger partial charge on any atom is 0.245 e. The molecule has 1 atom stereocenters. The second kappa shape index (κ2) is 5.65. The van der Waals surface area contributed by atoms with Crippen LogP contribution in [0.1, 0.15) is 24.5 Å². The summed E-state index contributed by atoms with van der Waals surface area (Å²) in [5.41, 5.74) is 8.00. The number of nitrogens with one attached hydrogen (secondary N) is 1. The zero-order chi connectivity index (χ0) is 15.8. The first kappa shape index (κ1) is 15.8. The number of hydrogen-bond acceptors (Lipinski definition) is 4. The monoisotopic (exact) mass is 311 g/mol. The molecule has 7 heteroatoms. The minimum absolute atomic E-state index is 0.134. The van der Waals surface area contributed by atoms with E-state index in [0.29, 0.717) is 13.0 Å². The maximum atomic E-state index is 12.7. The molecule has 0 bridgehead atoms. The van der Waals surface area contributed by atoms with Crippen molar-refractivity contribution in [2.45, 2.75) is 38.1 Å². The van der Waals surface area contributed by atoms with Crippen molar-refractivity contribution in [3.05, 3.63) is 23.3 Å². The first-order chi connectivity index (χ1) is 9.71. The van der Waals surface area contributed by atoms with Gasteiger partial charge in [0.25, 0.3) is 0 Å². The number of hydrogen-bond donors (Lipinski definition) is 2. The Morgan fingerprint density at radius 2 is 1.95 bits per heavy atom. The number of carbonyl (C=O) groups excluding carboxylic acids is 1. The molecular formula is C14H21N3O3S. The van der Waals surface area contributed by atoms with Gasteiger partial charge in [0.2, 0.25) is 15.9 Å². The third-order valence-corrected chi connectivity index (χ3v) is 5.72. The Kier molecular flexibility index (Phi) is 4.25. The summed E-state index contributed by atoms with van der Waals surface area (Å²) < 4.78 is 26.7. The number of nitrogen functional groups attached to an aromatic ring is 1. The fraction of sp³-hybridized carbons (Fsp3) is 0.500. The highest BCUT2D eigenvalue weighted by molar-refractivity contribution is 7.89. The van der Waals surface area contributed by atoms with Crippen molar-refractivity contribution in [1.29, 1.82) is 0 Å². The van der Waals surface area contributed by atoms with E-state index in [0.717, 1.165) is 11.1 Å². The van der Waals surface area contributed by atoms with Gasteiger partial charge >= 0.3 is 0 Å². The summed E-state index contributed by atoms with van der Waals surface area (Å²) in [6.07, 6.45) is 0.615. The minimum Gasteiger partial charge on any atom is -0.398 e. The zero-order valence-corrected chi connectivity index (χ0v) is 13.3. The van der Waals surface area contributed by atoms with E-state index in [1.165, 1.54) is 11.2 Å². The minimum atomic E-state index is -3.62. The standard InChI is InChI=1S/C14H21N3O3S/c1-9-6-13(15)14(7-10(9)2)21(19,20)17-5-4-12(8-17)16-11(3)18/h6-7,12H,4-5,8,15H2,1-3H3,(H,16,18). The Balaban J connectivity index is 2.28. The normalized spacial score (nSPS) is 19.7. The summed E-state index contributed by atoms with van der Waals surface area (Å²) >= 11 is 0. The van der Waals surface area contributed by atoms with E-state index in [9.17, 15) is 13.2 Å². The molecular weight excluding hydrogens is 290 g/mol. The summed E-state index contributed by atoms with van der Waals surface area (Å²) in [7, 11) is -3.62. The average molecular weight is 311 g/mol. The molecule has 1 unspecified atom stereocenters. The fourth-order valence-corrected chi connectivity index (χ4v) is 4.21. The molecule has 21 heavy (non-hydrogen) atoms. The second-order valence-electron chi connectivity index (χ2n) is 5.52. The largest absolute Gasteiger partial charge is 0.398 e. The van der Waals surface area contributed by atoms with Crippen molar-refractivity contribution in [2.24, 2.45) is 0 Å². The van der Waals surface area contributed by atoms with Crippen LogP contribution in [0.25, 0.3) is 0 Å². The van der Waals surface area contributed by atoms with Gasteiger partial charge in [-0.3, -0.25) is 4.79 Å². The number of aryl methyl sites for hydroxylation is 2. The number of anilines is 1. The highest BCUT2D eigenvalue weighted by atomic mass is 32.2. The first-order valence-electron chi connectivity index (χ1n) is 6.86. The second-order valence-corrected chi connectivity index (χ2v) is 7.43. The van der Waals surface area contributed by atoms with Crippen molar-refractivity contribution in [3.63, 3.8) is 0 Å². The summed E-state index contributed by atoms with van der Waals surface area (Å²) in [5, 5.41) is 2.75. The zero-order valence-electron chi connectivity index (χ0n) is 12.5. The Morgan fingerprint density at radius 1 is 1.33 bits per heavy atom. The molecule has 3 N–H and O–H groups in total. The quantitative estimate of drug-likeness (QED) is 0.807. The van der Waals surface area contributed by atoms with Crippen molar-refractivity contribution in [3.8, 4) is 0 Å². The van der Waals surface area contributed by atoms with Crippen molar-refractivity contribution in [1.82, 2.24) is 9.62 Å². The Labute approximate surface area is 125 Å². The summed E-state index contributed by atoms with van der Waals surface area (Å²) in [4.78, 5) is 11.2. The fourth-order valence-electron chi connectivity index (χ4n) is 2.53. The predicted octanol–water partition coefficient (Wildman–Crippen LogP) is 0.785. The van der Waals surface area contributed by atoms with Gasteiger partial charge < -0.3 is 11.1 Å². The molecule has 1 amide bonds. The number of rotatable bonds is 3. The van der Waals surface area contributed by atoms with Gasteiger partial charge in [-0.25, -0.2) is 8.42 Å². The van der Waals surface area contributed by atoms with Crippen LogP contribution in [0.2, 0.25) is 0 Å². The van der Waals surface area contributed by atoms with Crippen LogP contribution >= 0.6 is 0 Å². The molecule has 2 rings (SSSR count). The van der Waals surface area contributed by atoms with E-state index >= 15 is 0 Å². The van der Waals surface area contributed by atoms with Gasteiger partial charge in [-0.1, -0.05) is 0 Å². The van der Waals surface area contributed by atoms with Gasteiger partial charge in [0.05, 0.1) is 5.69 Å². The van der Waals surface area contributed by atoms with Crippen molar-refractivity contribution >= 4 is 21.6 Å². The molecule has 1 aromatic carbocycles. The number of nitrogens with two attached hydrogens (primary N) is 1. The van der Waals surface area contributed by atoms with E-state index in [1.807, 2.05) is 13.8 Å². The Hall–Kier alpha value is -1.60. The van der Waals surface area contributed by atoms with Gasteiger partial charge in [0.1, 0.15) is 4.90 Å². The van der Waals surface area contributed by atoms with E-state index in [1.54, 1.807) is 12.1 Å². The average Bonchev–Trinajstić information content (AvgIpc) is 2.81. The molecule has 6 nitrogen and oxygen atoms in total. The van der Waals surface area contributed by atoms with E-state index in [2.05, 4.69) is 5.32 Å². The van der Waals surface area contributed by atoms with Gasteiger partial charge in [-0.2, -0.15) is 4.31 Å².